The summed E-state index contributed by atoms with van der Waals surface area (Å²) in [5.74, 6) is 2.75. The monoisotopic (exact) mass is 315 g/mol. The van der Waals surface area contributed by atoms with E-state index < -0.39 is 0 Å². The lowest BCUT2D eigenvalue weighted by molar-refractivity contribution is 0.210. The average molecular weight is 315 g/mol. The molecule has 4 heteroatoms. The van der Waals surface area contributed by atoms with Gasteiger partial charge < -0.3 is 19.9 Å². The van der Waals surface area contributed by atoms with Crippen molar-refractivity contribution in [2.75, 3.05) is 20.3 Å². The molecule has 0 aliphatic carbocycles. The lowest BCUT2D eigenvalue weighted by Gasteiger charge is -2.14. The zero-order valence-electron chi connectivity index (χ0n) is 14.0. The number of rotatable bonds is 8. The highest BCUT2D eigenvalue weighted by molar-refractivity contribution is 5.46. The number of hydrogen-bond acceptors (Lipinski definition) is 4. The van der Waals surface area contributed by atoms with Crippen LogP contribution in [0.2, 0.25) is 0 Å². The Morgan fingerprint density at radius 3 is 2.26 bits per heavy atom. The van der Waals surface area contributed by atoms with Crippen LogP contribution in [0.3, 0.4) is 0 Å². The predicted molar refractivity (Wildman–Crippen MR) is 92.4 cm³/mol. The molecule has 0 unspecified atom stereocenters. The normalized spacial score (nSPS) is 10.7. The van der Waals surface area contributed by atoms with Gasteiger partial charge in [0.05, 0.1) is 7.11 Å². The predicted octanol–water partition coefficient (Wildman–Crippen LogP) is 3.74. The minimum Gasteiger partial charge on any atom is -0.493 e. The van der Waals surface area contributed by atoms with Crippen LogP contribution < -0.4 is 19.9 Å². The summed E-state index contributed by atoms with van der Waals surface area (Å²) in [6.45, 7) is 5.64. The standard InChI is InChI=1S/C19H25NO3/c1-14(2)15-7-9-17(10-8-15)22-11-12-23-19-16(13-20)5-4-6-18(19)21-3/h4-10,14H,11-13,20H2,1-3H3. The van der Waals surface area contributed by atoms with Crippen LogP contribution in [-0.4, -0.2) is 20.3 Å². The number of benzene rings is 2. The van der Waals surface area contributed by atoms with E-state index in [4.69, 9.17) is 19.9 Å². The number of para-hydroxylation sites is 1. The summed E-state index contributed by atoms with van der Waals surface area (Å²) in [7, 11) is 1.62. The minimum atomic E-state index is 0.407. The summed E-state index contributed by atoms with van der Waals surface area (Å²) in [5, 5.41) is 0. The molecule has 0 amide bonds. The van der Waals surface area contributed by atoms with Crippen molar-refractivity contribution >= 4 is 0 Å². The quantitative estimate of drug-likeness (QED) is 0.754. The second-order valence-electron chi connectivity index (χ2n) is 5.57. The van der Waals surface area contributed by atoms with E-state index in [-0.39, 0.29) is 0 Å². The van der Waals surface area contributed by atoms with Gasteiger partial charge in [-0.1, -0.05) is 38.1 Å². The summed E-state index contributed by atoms with van der Waals surface area (Å²) in [6, 6.07) is 13.9. The fraction of sp³-hybridized carbons (Fsp3) is 0.368. The molecule has 2 aromatic rings. The first-order valence-corrected chi connectivity index (χ1v) is 7.87. The van der Waals surface area contributed by atoms with E-state index in [1.807, 2.05) is 30.3 Å². The largest absolute Gasteiger partial charge is 0.493 e. The summed E-state index contributed by atoms with van der Waals surface area (Å²) in [5.41, 5.74) is 7.96. The van der Waals surface area contributed by atoms with Crippen molar-refractivity contribution in [1.29, 1.82) is 0 Å². The zero-order valence-corrected chi connectivity index (χ0v) is 14.0. The molecule has 2 aromatic carbocycles. The van der Waals surface area contributed by atoms with Crippen LogP contribution in [-0.2, 0) is 6.54 Å². The maximum absolute atomic E-state index is 5.80. The molecular formula is C19H25NO3. The smallest absolute Gasteiger partial charge is 0.165 e. The molecule has 124 valence electrons. The fourth-order valence-electron chi connectivity index (χ4n) is 2.30. The number of nitrogens with two attached hydrogens (primary N) is 1. The summed E-state index contributed by atoms with van der Waals surface area (Å²) < 4.78 is 16.8. The first-order valence-electron chi connectivity index (χ1n) is 7.87. The van der Waals surface area contributed by atoms with Gasteiger partial charge in [-0.25, -0.2) is 0 Å². The first kappa shape index (κ1) is 17.2. The molecule has 0 saturated carbocycles. The lowest BCUT2D eigenvalue weighted by atomic mass is 10.0. The van der Waals surface area contributed by atoms with Crippen molar-refractivity contribution < 1.29 is 14.2 Å². The second-order valence-corrected chi connectivity index (χ2v) is 5.57. The molecule has 2 N–H and O–H groups in total. The van der Waals surface area contributed by atoms with Gasteiger partial charge in [-0.15, -0.1) is 0 Å². The highest BCUT2D eigenvalue weighted by Crippen LogP contribution is 2.30. The molecule has 4 nitrogen and oxygen atoms in total. The van der Waals surface area contributed by atoms with Crippen LogP contribution in [0, 0.1) is 0 Å². The van der Waals surface area contributed by atoms with E-state index in [0.29, 0.717) is 37.2 Å². The Morgan fingerprint density at radius 1 is 0.957 bits per heavy atom. The third kappa shape index (κ3) is 4.63. The van der Waals surface area contributed by atoms with Crippen molar-refractivity contribution in [3.8, 4) is 17.2 Å². The lowest BCUT2D eigenvalue weighted by Crippen LogP contribution is -2.11. The third-order valence-corrected chi connectivity index (χ3v) is 3.65. The topological polar surface area (TPSA) is 53.7 Å². The van der Waals surface area contributed by atoms with Gasteiger partial charge in [0.2, 0.25) is 0 Å². The van der Waals surface area contributed by atoms with Gasteiger partial charge in [0.1, 0.15) is 19.0 Å². The Bertz CT molecular complexity index is 586. The Kier molecular flexibility index (Phi) is 6.29. The average Bonchev–Trinajstić information content (AvgIpc) is 2.58. The molecule has 0 atom stereocenters. The molecule has 0 radical (unpaired) electrons. The van der Waals surface area contributed by atoms with Gasteiger partial charge in [0.25, 0.3) is 0 Å². The molecule has 0 aliphatic heterocycles. The zero-order chi connectivity index (χ0) is 16.7. The minimum absolute atomic E-state index is 0.407. The van der Waals surface area contributed by atoms with E-state index >= 15 is 0 Å². The summed E-state index contributed by atoms with van der Waals surface area (Å²) >= 11 is 0. The second kappa shape index (κ2) is 8.44. The Morgan fingerprint density at radius 2 is 1.65 bits per heavy atom. The van der Waals surface area contributed by atoms with Crippen LogP contribution in [0.4, 0.5) is 0 Å². The first-order chi connectivity index (χ1) is 11.2. The van der Waals surface area contributed by atoms with Crippen molar-refractivity contribution in [3.63, 3.8) is 0 Å². The van der Waals surface area contributed by atoms with E-state index in [9.17, 15) is 0 Å². The van der Waals surface area contributed by atoms with Crippen LogP contribution in [0.25, 0.3) is 0 Å². The van der Waals surface area contributed by atoms with Crippen LogP contribution in [0.15, 0.2) is 42.5 Å². The Labute approximate surface area is 138 Å². The number of methoxy groups -OCH3 is 1. The van der Waals surface area contributed by atoms with Crippen molar-refractivity contribution in [2.45, 2.75) is 26.3 Å². The van der Waals surface area contributed by atoms with Gasteiger partial charge in [0.15, 0.2) is 11.5 Å². The molecule has 0 aromatic heterocycles. The number of ether oxygens (including phenoxy) is 3. The van der Waals surface area contributed by atoms with E-state index in [0.717, 1.165) is 11.3 Å². The SMILES string of the molecule is COc1cccc(CN)c1OCCOc1ccc(C(C)C)cc1. The van der Waals surface area contributed by atoms with E-state index in [1.165, 1.54) is 5.56 Å². The van der Waals surface area contributed by atoms with Gasteiger partial charge in [-0.05, 0) is 29.7 Å². The third-order valence-electron chi connectivity index (χ3n) is 3.65. The molecule has 0 saturated heterocycles. The van der Waals surface area contributed by atoms with Crippen molar-refractivity contribution in [2.24, 2.45) is 5.73 Å². The summed E-state index contributed by atoms with van der Waals surface area (Å²) in [4.78, 5) is 0. The molecule has 0 heterocycles. The van der Waals surface area contributed by atoms with E-state index in [2.05, 4.69) is 26.0 Å². The Hall–Kier alpha value is -2.20. The molecule has 2 rings (SSSR count). The molecule has 0 aliphatic rings. The highest BCUT2D eigenvalue weighted by Gasteiger charge is 2.09. The molecule has 0 spiro atoms. The summed E-state index contributed by atoms with van der Waals surface area (Å²) in [6.07, 6.45) is 0. The molecule has 0 fully saturated rings. The molecular weight excluding hydrogens is 290 g/mol. The van der Waals surface area contributed by atoms with Gasteiger partial charge in [-0.3, -0.25) is 0 Å². The van der Waals surface area contributed by atoms with Crippen LogP contribution >= 0.6 is 0 Å². The number of hydrogen-bond donors (Lipinski definition) is 1. The fourth-order valence-corrected chi connectivity index (χ4v) is 2.30. The van der Waals surface area contributed by atoms with Crippen molar-refractivity contribution in [3.05, 3.63) is 53.6 Å². The van der Waals surface area contributed by atoms with Gasteiger partial charge in [0, 0.05) is 12.1 Å². The molecule has 23 heavy (non-hydrogen) atoms. The van der Waals surface area contributed by atoms with Crippen LogP contribution in [0.1, 0.15) is 30.9 Å². The maximum atomic E-state index is 5.80. The highest BCUT2D eigenvalue weighted by atomic mass is 16.5. The maximum Gasteiger partial charge on any atom is 0.165 e. The van der Waals surface area contributed by atoms with Gasteiger partial charge >= 0.3 is 0 Å². The van der Waals surface area contributed by atoms with Crippen molar-refractivity contribution in [1.82, 2.24) is 0 Å². The Balaban J connectivity index is 1.88. The van der Waals surface area contributed by atoms with E-state index in [1.54, 1.807) is 7.11 Å². The molecule has 0 bridgehead atoms. The van der Waals surface area contributed by atoms with Gasteiger partial charge in [-0.2, -0.15) is 0 Å². The van der Waals surface area contributed by atoms with Crippen LogP contribution in [0.5, 0.6) is 17.2 Å².